The molecule has 0 aliphatic carbocycles. The predicted octanol–water partition coefficient (Wildman–Crippen LogP) is 1.71. The smallest absolute Gasteiger partial charge is 0.336 e. The van der Waals surface area contributed by atoms with E-state index in [1.54, 1.807) is 19.1 Å². The number of benzene rings is 2. The van der Waals surface area contributed by atoms with Gasteiger partial charge in [-0.05, 0) is 31.2 Å². The number of para-hydroxylation sites is 1. The number of fused-ring (bicyclic) bond motifs is 1. The highest BCUT2D eigenvalue weighted by atomic mass is 16.4. The lowest BCUT2D eigenvalue weighted by molar-refractivity contribution is -0.914. The van der Waals surface area contributed by atoms with Crippen molar-refractivity contribution in [2.75, 3.05) is 31.1 Å². The predicted molar refractivity (Wildman–Crippen MR) is 102 cm³/mol. The van der Waals surface area contributed by atoms with Crippen molar-refractivity contribution in [1.82, 2.24) is 0 Å². The third-order valence-corrected chi connectivity index (χ3v) is 5.25. The zero-order chi connectivity index (χ0) is 18.1. The Morgan fingerprint density at radius 3 is 2.58 bits per heavy atom. The fraction of sp³-hybridized carbons (Fsp3) is 0.286. The van der Waals surface area contributed by atoms with E-state index >= 15 is 0 Å². The quantitative estimate of drug-likeness (QED) is 0.706. The highest BCUT2D eigenvalue weighted by molar-refractivity contribution is 5.84. The molecule has 2 N–H and O–H groups in total. The number of nitrogens with one attached hydrogen (secondary N) is 1. The first-order valence-electron chi connectivity index (χ1n) is 9.00. The summed E-state index contributed by atoms with van der Waals surface area (Å²) in [6.07, 6.45) is 0. The standard InChI is InChI=1S/C21H22N2O3/c1-15-19(24)8-7-18-16(13-20(25)26-21(15)18)14-22-9-11-23(12-10-22)17-5-3-2-4-6-17/h2-8,13,24H,9-12,14H2,1H3/p+1. The second-order valence-corrected chi connectivity index (χ2v) is 6.93. The molecule has 0 spiro atoms. The Balaban J connectivity index is 1.54. The molecule has 0 unspecified atom stereocenters. The van der Waals surface area contributed by atoms with E-state index in [1.165, 1.54) is 10.6 Å². The lowest BCUT2D eigenvalue weighted by Gasteiger charge is -2.33. The van der Waals surface area contributed by atoms with E-state index < -0.39 is 0 Å². The normalized spacial score (nSPS) is 15.5. The first kappa shape index (κ1) is 16.7. The van der Waals surface area contributed by atoms with Crippen molar-refractivity contribution in [1.29, 1.82) is 0 Å². The van der Waals surface area contributed by atoms with Gasteiger partial charge in [0, 0.05) is 28.3 Å². The van der Waals surface area contributed by atoms with Crippen LogP contribution in [0.5, 0.6) is 5.75 Å². The first-order valence-corrected chi connectivity index (χ1v) is 9.00. The third-order valence-electron chi connectivity index (χ3n) is 5.25. The van der Waals surface area contributed by atoms with Crippen LogP contribution in [0.2, 0.25) is 0 Å². The Morgan fingerprint density at radius 2 is 1.85 bits per heavy atom. The van der Waals surface area contributed by atoms with Gasteiger partial charge in [0.2, 0.25) is 0 Å². The molecule has 0 bridgehead atoms. The lowest BCUT2D eigenvalue weighted by Crippen LogP contribution is -3.13. The Kier molecular flexibility index (Phi) is 4.39. The van der Waals surface area contributed by atoms with Crippen molar-refractivity contribution in [3.05, 3.63) is 70.1 Å². The van der Waals surface area contributed by atoms with E-state index in [0.29, 0.717) is 11.1 Å². The summed E-state index contributed by atoms with van der Waals surface area (Å²) in [6, 6.07) is 15.6. The second kappa shape index (κ2) is 6.84. The molecular formula is C21H23N2O3+. The fourth-order valence-corrected chi connectivity index (χ4v) is 3.73. The average molecular weight is 351 g/mol. The Bertz CT molecular complexity index is 974. The van der Waals surface area contributed by atoms with Crippen LogP contribution in [-0.4, -0.2) is 31.3 Å². The molecule has 1 aliphatic heterocycles. The monoisotopic (exact) mass is 351 g/mol. The van der Waals surface area contributed by atoms with E-state index in [4.69, 9.17) is 4.42 Å². The van der Waals surface area contributed by atoms with E-state index in [0.717, 1.165) is 43.7 Å². The molecule has 5 heteroatoms. The van der Waals surface area contributed by atoms with E-state index in [9.17, 15) is 9.90 Å². The summed E-state index contributed by atoms with van der Waals surface area (Å²) in [5.74, 6) is 0.154. The van der Waals surface area contributed by atoms with Gasteiger partial charge in [0.15, 0.2) is 0 Å². The summed E-state index contributed by atoms with van der Waals surface area (Å²) < 4.78 is 5.34. The number of anilines is 1. The molecule has 0 atom stereocenters. The molecule has 134 valence electrons. The van der Waals surface area contributed by atoms with Crippen molar-refractivity contribution in [2.24, 2.45) is 0 Å². The zero-order valence-corrected chi connectivity index (χ0v) is 14.9. The summed E-state index contributed by atoms with van der Waals surface area (Å²) in [6.45, 7) is 6.60. The Morgan fingerprint density at radius 1 is 1.12 bits per heavy atom. The molecule has 3 aromatic rings. The number of piperazine rings is 1. The van der Waals surface area contributed by atoms with Crippen LogP contribution >= 0.6 is 0 Å². The van der Waals surface area contributed by atoms with Gasteiger partial charge >= 0.3 is 5.63 Å². The minimum absolute atomic E-state index is 0.154. The van der Waals surface area contributed by atoms with Gasteiger partial charge in [0.1, 0.15) is 17.9 Å². The summed E-state index contributed by atoms with van der Waals surface area (Å²) in [5.41, 5.74) is 3.01. The Hall–Kier alpha value is -2.79. The summed E-state index contributed by atoms with van der Waals surface area (Å²) in [7, 11) is 0. The molecule has 1 saturated heterocycles. The summed E-state index contributed by atoms with van der Waals surface area (Å²) in [4.78, 5) is 15.8. The maximum Gasteiger partial charge on any atom is 0.336 e. The number of rotatable bonds is 3. The third kappa shape index (κ3) is 3.18. The van der Waals surface area contributed by atoms with Crippen LogP contribution in [0.1, 0.15) is 11.1 Å². The van der Waals surface area contributed by atoms with Gasteiger partial charge in [0.25, 0.3) is 0 Å². The number of hydrogen-bond acceptors (Lipinski definition) is 4. The summed E-state index contributed by atoms with van der Waals surface area (Å²) >= 11 is 0. The molecule has 0 saturated carbocycles. The van der Waals surface area contributed by atoms with Crippen molar-refractivity contribution in [3.8, 4) is 5.75 Å². The number of hydrogen-bond donors (Lipinski definition) is 2. The number of nitrogens with zero attached hydrogens (tertiary/aromatic N) is 1. The van der Waals surface area contributed by atoms with Crippen LogP contribution in [0, 0.1) is 6.92 Å². The molecule has 1 aromatic heterocycles. The van der Waals surface area contributed by atoms with Crippen LogP contribution < -0.4 is 15.4 Å². The maximum atomic E-state index is 12.0. The number of aryl methyl sites for hydroxylation is 1. The highest BCUT2D eigenvalue weighted by Crippen LogP contribution is 2.27. The van der Waals surface area contributed by atoms with Crippen molar-refractivity contribution >= 4 is 16.7 Å². The van der Waals surface area contributed by atoms with E-state index in [-0.39, 0.29) is 11.4 Å². The fourth-order valence-electron chi connectivity index (χ4n) is 3.73. The van der Waals surface area contributed by atoms with Gasteiger partial charge in [-0.15, -0.1) is 0 Å². The number of quaternary nitrogens is 1. The lowest BCUT2D eigenvalue weighted by atomic mass is 10.1. The van der Waals surface area contributed by atoms with Gasteiger partial charge in [-0.25, -0.2) is 4.79 Å². The number of aromatic hydroxyl groups is 1. The van der Waals surface area contributed by atoms with Gasteiger partial charge in [0.05, 0.1) is 26.2 Å². The van der Waals surface area contributed by atoms with E-state index in [2.05, 4.69) is 29.2 Å². The molecule has 2 heterocycles. The maximum absolute atomic E-state index is 12.0. The first-order chi connectivity index (χ1) is 12.6. The second-order valence-electron chi connectivity index (χ2n) is 6.93. The van der Waals surface area contributed by atoms with Crippen LogP contribution in [0.4, 0.5) is 5.69 Å². The van der Waals surface area contributed by atoms with Gasteiger partial charge in [-0.3, -0.25) is 0 Å². The molecule has 0 radical (unpaired) electrons. The highest BCUT2D eigenvalue weighted by Gasteiger charge is 2.22. The van der Waals surface area contributed by atoms with Gasteiger partial charge in [-0.1, -0.05) is 18.2 Å². The van der Waals surface area contributed by atoms with Crippen LogP contribution in [0.25, 0.3) is 11.0 Å². The Labute approximate surface area is 152 Å². The van der Waals surface area contributed by atoms with Gasteiger partial charge < -0.3 is 19.3 Å². The molecule has 0 amide bonds. The van der Waals surface area contributed by atoms with Gasteiger partial charge in [-0.2, -0.15) is 0 Å². The minimum Gasteiger partial charge on any atom is -0.508 e. The van der Waals surface area contributed by atoms with Crippen molar-refractivity contribution in [2.45, 2.75) is 13.5 Å². The SMILES string of the molecule is Cc1c(O)ccc2c(C[NH+]3CCN(c4ccccc4)CC3)cc(=O)oc12. The topological polar surface area (TPSA) is 58.1 Å². The number of phenolic OH excluding ortho intramolecular Hbond substituents is 1. The molecule has 5 nitrogen and oxygen atoms in total. The molecule has 4 rings (SSSR count). The minimum atomic E-state index is -0.358. The van der Waals surface area contributed by atoms with Crippen molar-refractivity contribution in [3.63, 3.8) is 0 Å². The van der Waals surface area contributed by atoms with Crippen LogP contribution in [0.15, 0.2) is 57.7 Å². The number of phenols is 1. The molecule has 1 fully saturated rings. The van der Waals surface area contributed by atoms with Crippen LogP contribution in [0.3, 0.4) is 0 Å². The zero-order valence-electron chi connectivity index (χ0n) is 14.9. The molecule has 26 heavy (non-hydrogen) atoms. The molecule has 2 aromatic carbocycles. The van der Waals surface area contributed by atoms with E-state index in [1.807, 2.05) is 12.1 Å². The van der Waals surface area contributed by atoms with Crippen LogP contribution in [-0.2, 0) is 6.54 Å². The largest absolute Gasteiger partial charge is 0.508 e. The average Bonchev–Trinajstić information content (AvgIpc) is 2.66. The molecule has 1 aliphatic rings. The van der Waals surface area contributed by atoms with Crippen molar-refractivity contribution < 1.29 is 14.4 Å². The summed E-state index contributed by atoms with van der Waals surface area (Å²) in [5, 5.41) is 10.8. The molecular weight excluding hydrogens is 328 g/mol.